The molecule has 4 rings (SSSR count). The van der Waals surface area contributed by atoms with Gasteiger partial charge >= 0.3 is 0 Å². The Morgan fingerprint density at radius 3 is 2.27 bits per heavy atom. The Morgan fingerprint density at radius 1 is 0.970 bits per heavy atom. The van der Waals surface area contributed by atoms with Crippen LogP contribution in [-0.4, -0.2) is 33.7 Å². The van der Waals surface area contributed by atoms with Gasteiger partial charge in [0.25, 0.3) is 0 Å². The molecule has 2 amide bonds. The van der Waals surface area contributed by atoms with Crippen molar-refractivity contribution in [3.8, 4) is 0 Å². The first-order valence-corrected chi connectivity index (χ1v) is 11.3. The number of aliphatic imine (C=N–C) groups is 1. The predicted octanol–water partition coefficient (Wildman–Crippen LogP) is 5.17. The van der Waals surface area contributed by atoms with E-state index in [-0.39, 0.29) is 24.1 Å². The van der Waals surface area contributed by atoms with Gasteiger partial charge in [-0.15, -0.1) is 0 Å². The van der Waals surface area contributed by atoms with Crippen LogP contribution >= 0.6 is 11.8 Å². The molecule has 0 saturated carbocycles. The minimum Gasteiger partial charge on any atom is -0.325 e. The summed E-state index contributed by atoms with van der Waals surface area (Å²) >= 11 is 1.18. The smallest absolute Gasteiger partial charge is 0.238 e. The molecule has 3 aromatic carbocycles. The Balaban J connectivity index is 1.54. The summed E-state index contributed by atoms with van der Waals surface area (Å²) in [6.45, 7) is 0.405. The normalized spacial score (nSPS) is 17.3. The van der Waals surface area contributed by atoms with E-state index in [1.165, 1.54) is 60.3 Å². The van der Waals surface area contributed by atoms with E-state index < -0.39 is 11.1 Å². The van der Waals surface area contributed by atoms with Crippen molar-refractivity contribution in [1.29, 1.82) is 0 Å². The van der Waals surface area contributed by atoms with Crippen LogP contribution in [0.1, 0.15) is 12.0 Å². The van der Waals surface area contributed by atoms with Gasteiger partial charge in [-0.2, -0.15) is 0 Å². The van der Waals surface area contributed by atoms with Crippen LogP contribution in [0.3, 0.4) is 0 Å². The molecule has 1 aliphatic rings. The fourth-order valence-electron chi connectivity index (χ4n) is 3.33. The number of nitrogens with zero attached hydrogens (tertiary/aromatic N) is 2. The van der Waals surface area contributed by atoms with Crippen LogP contribution in [0.25, 0.3) is 0 Å². The maximum absolute atomic E-state index is 13.3. The SMILES string of the molecule is O=C(Nc1ccc(F)cc1)[C@@H]1CC(=O)N(CCc2ccccc2)C(=Nc2ccc(F)cc2)S1. The molecule has 5 nitrogen and oxygen atoms in total. The number of benzene rings is 3. The molecule has 0 aromatic heterocycles. The monoisotopic (exact) mass is 465 g/mol. The van der Waals surface area contributed by atoms with E-state index >= 15 is 0 Å². The Bertz CT molecular complexity index is 1150. The molecule has 0 unspecified atom stereocenters. The molecule has 0 radical (unpaired) electrons. The molecular weight excluding hydrogens is 444 g/mol. The zero-order valence-corrected chi connectivity index (χ0v) is 18.4. The predicted molar refractivity (Wildman–Crippen MR) is 126 cm³/mol. The van der Waals surface area contributed by atoms with E-state index in [0.29, 0.717) is 29.5 Å². The summed E-state index contributed by atoms with van der Waals surface area (Å²) < 4.78 is 26.5. The van der Waals surface area contributed by atoms with Crippen molar-refractivity contribution in [2.45, 2.75) is 18.1 Å². The number of amides is 2. The van der Waals surface area contributed by atoms with Gasteiger partial charge in [-0.1, -0.05) is 42.1 Å². The van der Waals surface area contributed by atoms with Gasteiger partial charge in [0.2, 0.25) is 11.8 Å². The molecule has 33 heavy (non-hydrogen) atoms. The molecule has 8 heteroatoms. The Morgan fingerprint density at radius 2 is 1.61 bits per heavy atom. The van der Waals surface area contributed by atoms with E-state index in [1.807, 2.05) is 30.3 Å². The molecule has 1 saturated heterocycles. The van der Waals surface area contributed by atoms with Crippen LogP contribution in [0.15, 0.2) is 83.9 Å². The molecule has 0 spiro atoms. The highest BCUT2D eigenvalue weighted by Crippen LogP contribution is 2.30. The quantitative estimate of drug-likeness (QED) is 0.547. The zero-order valence-electron chi connectivity index (χ0n) is 17.6. The van der Waals surface area contributed by atoms with E-state index in [1.54, 1.807) is 4.90 Å². The summed E-state index contributed by atoms with van der Waals surface area (Å²) in [6.07, 6.45) is 0.636. The van der Waals surface area contributed by atoms with Crippen molar-refractivity contribution in [3.63, 3.8) is 0 Å². The summed E-state index contributed by atoms with van der Waals surface area (Å²) in [5, 5.41) is 2.41. The molecule has 1 heterocycles. The number of amidine groups is 1. The van der Waals surface area contributed by atoms with Crippen molar-refractivity contribution < 1.29 is 18.4 Å². The Hall–Kier alpha value is -3.52. The third kappa shape index (κ3) is 6.04. The van der Waals surface area contributed by atoms with Crippen molar-refractivity contribution in [3.05, 3.63) is 96.1 Å². The van der Waals surface area contributed by atoms with Gasteiger partial charge in [-0.3, -0.25) is 14.5 Å². The zero-order chi connectivity index (χ0) is 23.2. The van der Waals surface area contributed by atoms with Gasteiger partial charge in [0.1, 0.15) is 16.9 Å². The van der Waals surface area contributed by atoms with Gasteiger partial charge in [0.05, 0.1) is 5.69 Å². The first-order chi connectivity index (χ1) is 16.0. The molecule has 0 aliphatic carbocycles. The summed E-state index contributed by atoms with van der Waals surface area (Å²) in [7, 11) is 0. The lowest BCUT2D eigenvalue weighted by atomic mass is 10.1. The second kappa shape index (κ2) is 10.4. The Labute approximate surface area is 194 Å². The third-order valence-electron chi connectivity index (χ3n) is 5.06. The van der Waals surface area contributed by atoms with Gasteiger partial charge in [0.15, 0.2) is 5.17 Å². The van der Waals surface area contributed by atoms with Gasteiger partial charge in [0, 0.05) is 18.7 Å². The van der Waals surface area contributed by atoms with Crippen LogP contribution in [0, 0.1) is 11.6 Å². The van der Waals surface area contributed by atoms with Crippen LogP contribution in [0.5, 0.6) is 0 Å². The molecular formula is C25H21F2N3O2S. The highest BCUT2D eigenvalue weighted by molar-refractivity contribution is 8.15. The first-order valence-electron chi connectivity index (χ1n) is 10.4. The number of rotatable bonds is 6. The second-order valence-electron chi connectivity index (χ2n) is 7.46. The van der Waals surface area contributed by atoms with Gasteiger partial charge in [-0.05, 0) is 60.5 Å². The highest BCUT2D eigenvalue weighted by atomic mass is 32.2. The highest BCUT2D eigenvalue weighted by Gasteiger charge is 2.35. The van der Waals surface area contributed by atoms with Crippen LogP contribution < -0.4 is 5.32 Å². The van der Waals surface area contributed by atoms with Crippen molar-refractivity contribution in [1.82, 2.24) is 4.90 Å². The first kappa shape index (κ1) is 22.7. The number of halogens is 2. The fourth-order valence-corrected chi connectivity index (χ4v) is 4.45. The molecule has 168 valence electrons. The van der Waals surface area contributed by atoms with Crippen LogP contribution in [0.2, 0.25) is 0 Å². The number of nitrogens with one attached hydrogen (secondary N) is 1. The lowest BCUT2D eigenvalue weighted by Crippen LogP contribution is -2.46. The van der Waals surface area contributed by atoms with E-state index in [9.17, 15) is 18.4 Å². The fraction of sp³-hybridized carbons (Fsp3) is 0.160. The maximum Gasteiger partial charge on any atom is 0.238 e. The minimum atomic E-state index is -0.699. The lowest BCUT2D eigenvalue weighted by molar-refractivity contribution is -0.129. The maximum atomic E-state index is 13.3. The molecule has 1 fully saturated rings. The van der Waals surface area contributed by atoms with Crippen LogP contribution in [-0.2, 0) is 16.0 Å². The van der Waals surface area contributed by atoms with E-state index in [0.717, 1.165) is 5.56 Å². The number of hydrogen-bond acceptors (Lipinski definition) is 4. The third-order valence-corrected chi connectivity index (χ3v) is 6.25. The van der Waals surface area contributed by atoms with Crippen molar-refractivity contribution >= 4 is 40.1 Å². The molecule has 1 atom stereocenters. The largest absolute Gasteiger partial charge is 0.325 e. The van der Waals surface area contributed by atoms with E-state index in [2.05, 4.69) is 10.3 Å². The number of anilines is 1. The number of thioether (sulfide) groups is 1. The number of carbonyl (C=O) groups is 2. The average Bonchev–Trinajstić information content (AvgIpc) is 2.82. The molecule has 0 bridgehead atoms. The topological polar surface area (TPSA) is 61.8 Å². The van der Waals surface area contributed by atoms with Gasteiger partial charge in [-0.25, -0.2) is 13.8 Å². The summed E-state index contributed by atoms with van der Waals surface area (Å²) in [5.74, 6) is -1.37. The van der Waals surface area contributed by atoms with Crippen LogP contribution in [0.4, 0.5) is 20.2 Å². The van der Waals surface area contributed by atoms with Gasteiger partial charge < -0.3 is 5.32 Å². The summed E-state index contributed by atoms with van der Waals surface area (Å²) in [5.41, 5.74) is 2.00. The second-order valence-corrected chi connectivity index (χ2v) is 8.63. The number of carbonyl (C=O) groups excluding carboxylic acids is 2. The Kier molecular flexibility index (Phi) is 7.14. The van der Waals surface area contributed by atoms with Crippen molar-refractivity contribution in [2.24, 2.45) is 4.99 Å². The minimum absolute atomic E-state index is 0.00885. The molecule has 1 N–H and O–H groups in total. The standard InChI is InChI=1S/C25H21F2N3O2S/c26-18-6-10-20(11-7-18)28-24(32)22-16-23(31)30(15-14-17-4-2-1-3-5-17)25(33-22)29-21-12-8-19(27)9-13-21/h1-13,22H,14-16H2,(H,28,32)/t22-/m0/s1. The summed E-state index contributed by atoms with van der Waals surface area (Å²) in [6, 6.07) is 20.8. The summed E-state index contributed by atoms with van der Waals surface area (Å²) in [4.78, 5) is 32.0. The molecule has 1 aliphatic heterocycles. The lowest BCUT2D eigenvalue weighted by Gasteiger charge is -2.32. The van der Waals surface area contributed by atoms with E-state index in [4.69, 9.17) is 0 Å². The average molecular weight is 466 g/mol. The molecule has 3 aromatic rings. The van der Waals surface area contributed by atoms with Crippen molar-refractivity contribution in [2.75, 3.05) is 11.9 Å². The number of hydrogen-bond donors (Lipinski definition) is 1.